The molecule has 0 saturated carbocycles. The molecule has 0 spiro atoms. The fraction of sp³-hybridized carbons (Fsp3) is 0.333. The third-order valence-corrected chi connectivity index (χ3v) is 3.54. The fourth-order valence-corrected chi connectivity index (χ4v) is 2.19. The van der Waals surface area contributed by atoms with Gasteiger partial charge in [0.25, 0.3) is 0 Å². The number of nitrogens with one attached hydrogen (secondary N) is 1. The number of ether oxygens (including phenoxy) is 1. The Hall–Kier alpha value is -2.40. The predicted octanol–water partition coefficient (Wildman–Crippen LogP) is 2.86. The first-order valence-electron chi connectivity index (χ1n) is 7.63. The molecule has 1 atom stereocenters. The number of hydrogen-bond acceptors (Lipinski definition) is 4. The maximum atomic E-state index is 11.1. The Bertz CT molecular complexity index is 612. The molecule has 0 amide bonds. The molecule has 5 nitrogen and oxygen atoms in total. The van der Waals surface area contributed by atoms with E-state index in [1.165, 1.54) is 0 Å². The number of aliphatic carboxylic acids is 1. The van der Waals surface area contributed by atoms with Crippen LogP contribution >= 0.6 is 0 Å². The van der Waals surface area contributed by atoms with Crippen molar-refractivity contribution in [1.82, 2.24) is 10.3 Å². The minimum atomic E-state index is -0.822. The summed E-state index contributed by atoms with van der Waals surface area (Å²) in [5.74, 6) is -0.00280. The Morgan fingerprint density at radius 1 is 1.13 bits per heavy atom. The zero-order valence-corrected chi connectivity index (χ0v) is 13.4. The van der Waals surface area contributed by atoms with Crippen molar-refractivity contribution < 1.29 is 14.6 Å². The number of rotatable bonds is 8. The van der Waals surface area contributed by atoms with Crippen LogP contribution < -0.4 is 10.1 Å². The average molecular weight is 314 g/mol. The Labute approximate surface area is 136 Å². The van der Waals surface area contributed by atoms with Crippen LogP contribution in [0.1, 0.15) is 25.0 Å². The first kappa shape index (κ1) is 17.0. The van der Waals surface area contributed by atoms with Gasteiger partial charge in [0.05, 0.1) is 0 Å². The smallest absolute Gasteiger partial charge is 0.320 e. The van der Waals surface area contributed by atoms with Crippen LogP contribution in [0, 0.1) is 5.92 Å². The molecule has 0 bridgehead atoms. The van der Waals surface area contributed by atoms with Crippen molar-refractivity contribution in [3.05, 3.63) is 59.9 Å². The molecule has 1 aromatic carbocycles. The number of benzene rings is 1. The van der Waals surface area contributed by atoms with E-state index in [1.54, 1.807) is 12.4 Å². The standard InChI is InChI=1S/C18H22N2O3/c1-13(2)17(18(21)22)20-11-14-3-5-16(6-4-14)23-12-15-7-9-19-10-8-15/h3-10,13,17,20H,11-12H2,1-2H3,(H,21,22)/t17-/m0/s1. The summed E-state index contributed by atoms with van der Waals surface area (Å²) >= 11 is 0. The maximum Gasteiger partial charge on any atom is 0.320 e. The van der Waals surface area contributed by atoms with Crippen LogP contribution in [0.3, 0.4) is 0 Å². The molecule has 122 valence electrons. The van der Waals surface area contributed by atoms with Crippen LogP contribution in [0.4, 0.5) is 0 Å². The Morgan fingerprint density at radius 3 is 2.35 bits per heavy atom. The second kappa shape index (κ2) is 8.29. The van der Waals surface area contributed by atoms with E-state index in [9.17, 15) is 4.79 Å². The van der Waals surface area contributed by atoms with E-state index in [4.69, 9.17) is 9.84 Å². The summed E-state index contributed by atoms with van der Waals surface area (Å²) in [5, 5.41) is 12.2. The van der Waals surface area contributed by atoms with Crippen molar-refractivity contribution in [3.63, 3.8) is 0 Å². The molecule has 0 radical (unpaired) electrons. The lowest BCUT2D eigenvalue weighted by Gasteiger charge is -2.18. The molecule has 2 N–H and O–H groups in total. The lowest BCUT2D eigenvalue weighted by atomic mass is 10.0. The van der Waals surface area contributed by atoms with Crippen LogP contribution in [-0.4, -0.2) is 22.1 Å². The number of nitrogens with zero attached hydrogens (tertiary/aromatic N) is 1. The van der Waals surface area contributed by atoms with Crippen LogP contribution in [0.2, 0.25) is 0 Å². The normalized spacial score (nSPS) is 12.1. The van der Waals surface area contributed by atoms with E-state index < -0.39 is 12.0 Å². The molecule has 0 saturated heterocycles. The van der Waals surface area contributed by atoms with Gasteiger partial charge in [0, 0.05) is 18.9 Å². The van der Waals surface area contributed by atoms with Crippen molar-refractivity contribution in [3.8, 4) is 5.75 Å². The Morgan fingerprint density at radius 2 is 1.78 bits per heavy atom. The summed E-state index contributed by atoms with van der Waals surface area (Å²) in [7, 11) is 0. The van der Waals surface area contributed by atoms with E-state index in [0.717, 1.165) is 16.9 Å². The monoisotopic (exact) mass is 314 g/mol. The van der Waals surface area contributed by atoms with Gasteiger partial charge in [-0.2, -0.15) is 0 Å². The van der Waals surface area contributed by atoms with Gasteiger partial charge in [-0.3, -0.25) is 9.78 Å². The lowest BCUT2D eigenvalue weighted by molar-refractivity contribution is -0.140. The van der Waals surface area contributed by atoms with Gasteiger partial charge in [0.2, 0.25) is 0 Å². The summed E-state index contributed by atoms with van der Waals surface area (Å²) in [4.78, 5) is 15.1. The molecule has 1 aromatic heterocycles. The maximum absolute atomic E-state index is 11.1. The van der Waals surface area contributed by atoms with Crippen molar-refractivity contribution in [2.45, 2.75) is 33.0 Å². The molecule has 2 rings (SSSR count). The summed E-state index contributed by atoms with van der Waals surface area (Å²) in [6, 6.07) is 10.9. The first-order valence-corrected chi connectivity index (χ1v) is 7.63. The van der Waals surface area contributed by atoms with Crippen molar-refractivity contribution >= 4 is 5.97 Å². The molecular formula is C18H22N2O3. The fourth-order valence-electron chi connectivity index (χ4n) is 2.19. The molecule has 23 heavy (non-hydrogen) atoms. The van der Waals surface area contributed by atoms with E-state index >= 15 is 0 Å². The van der Waals surface area contributed by atoms with Crippen LogP contribution in [-0.2, 0) is 17.9 Å². The number of hydrogen-bond donors (Lipinski definition) is 2. The highest BCUT2D eigenvalue weighted by Gasteiger charge is 2.20. The third kappa shape index (κ3) is 5.38. The van der Waals surface area contributed by atoms with Crippen molar-refractivity contribution in [2.24, 2.45) is 5.92 Å². The minimum Gasteiger partial charge on any atom is -0.489 e. The number of carboxylic acids is 1. The van der Waals surface area contributed by atoms with Gasteiger partial charge in [-0.25, -0.2) is 0 Å². The molecule has 0 unspecified atom stereocenters. The van der Waals surface area contributed by atoms with Crippen LogP contribution in [0.25, 0.3) is 0 Å². The summed E-state index contributed by atoms with van der Waals surface area (Å²) in [6.45, 7) is 4.79. The summed E-state index contributed by atoms with van der Waals surface area (Å²) < 4.78 is 5.71. The predicted molar refractivity (Wildman–Crippen MR) is 88.1 cm³/mol. The lowest BCUT2D eigenvalue weighted by Crippen LogP contribution is -2.40. The quantitative estimate of drug-likeness (QED) is 0.784. The van der Waals surface area contributed by atoms with Crippen molar-refractivity contribution in [2.75, 3.05) is 0 Å². The highest BCUT2D eigenvalue weighted by Crippen LogP contribution is 2.14. The van der Waals surface area contributed by atoms with Gasteiger partial charge in [-0.1, -0.05) is 26.0 Å². The van der Waals surface area contributed by atoms with Gasteiger partial charge >= 0.3 is 5.97 Å². The zero-order chi connectivity index (χ0) is 16.7. The SMILES string of the molecule is CC(C)[C@H](NCc1ccc(OCc2ccncc2)cc1)C(=O)O. The van der Waals surface area contributed by atoms with Crippen LogP contribution in [0.15, 0.2) is 48.8 Å². The molecule has 0 aliphatic carbocycles. The van der Waals surface area contributed by atoms with E-state index in [0.29, 0.717) is 13.2 Å². The molecule has 1 heterocycles. The number of carbonyl (C=O) groups is 1. The molecular weight excluding hydrogens is 292 g/mol. The summed E-state index contributed by atoms with van der Waals surface area (Å²) in [5.41, 5.74) is 2.08. The average Bonchev–Trinajstić information content (AvgIpc) is 2.54. The highest BCUT2D eigenvalue weighted by atomic mass is 16.5. The number of aromatic nitrogens is 1. The molecule has 0 aliphatic heterocycles. The molecule has 5 heteroatoms. The van der Waals surface area contributed by atoms with Crippen LogP contribution in [0.5, 0.6) is 5.75 Å². The first-order chi connectivity index (χ1) is 11.1. The highest BCUT2D eigenvalue weighted by molar-refractivity contribution is 5.73. The van der Waals surface area contributed by atoms with E-state index in [2.05, 4.69) is 10.3 Å². The Kier molecular flexibility index (Phi) is 6.11. The minimum absolute atomic E-state index is 0.0375. The number of pyridine rings is 1. The topological polar surface area (TPSA) is 71.5 Å². The van der Waals surface area contributed by atoms with Gasteiger partial charge < -0.3 is 15.2 Å². The second-order valence-corrected chi connectivity index (χ2v) is 5.73. The summed E-state index contributed by atoms with van der Waals surface area (Å²) in [6.07, 6.45) is 3.47. The third-order valence-electron chi connectivity index (χ3n) is 3.54. The van der Waals surface area contributed by atoms with Gasteiger partial charge in [0.1, 0.15) is 18.4 Å². The molecule has 0 fully saturated rings. The van der Waals surface area contributed by atoms with Gasteiger partial charge in [-0.15, -0.1) is 0 Å². The Balaban J connectivity index is 1.85. The molecule has 0 aliphatic rings. The largest absolute Gasteiger partial charge is 0.489 e. The van der Waals surface area contributed by atoms with Crippen molar-refractivity contribution in [1.29, 1.82) is 0 Å². The number of carboxylic acid groups (broad SMARTS) is 1. The van der Waals surface area contributed by atoms with E-state index in [1.807, 2.05) is 50.2 Å². The van der Waals surface area contributed by atoms with Gasteiger partial charge in [0.15, 0.2) is 0 Å². The second-order valence-electron chi connectivity index (χ2n) is 5.73. The van der Waals surface area contributed by atoms with E-state index in [-0.39, 0.29) is 5.92 Å². The molecule has 2 aromatic rings. The van der Waals surface area contributed by atoms with Gasteiger partial charge in [-0.05, 0) is 41.3 Å². The zero-order valence-electron chi connectivity index (χ0n) is 13.4.